The summed E-state index contributed by atoms with van der Waals surface area (Å²) in [5.41, 5.74) is 0.347. The quantitative estimate of drug-likeness (QED) is 0.808. The smallest absolute Gasteiger partial charge is 0.109 e. The van der Waals surface area contributed by atoms with Gasteiger partial charge in [0.05, 0.1) is 6.04 Å². The molecule has 0 aliphatic rings. The van der Waals surface area contributed by atoms with Crippen molar-refractivity contribution in [2.45, 2.75) is 33.2 Å². The Bertz CT molecular complexity index is 236. The number of aromatic nitrogens is 1. The van der Waals surface area contributed by atoms with E-state index in [2.05, 4.69) is 31.1 Å². The second kappa shape index (κ2) is 4.20. The van der Waals surface area contributed by atoms with Gasteiger partial charge in [-0.2, -0.15) is 0 Å². The summed E-state index contributed by atoms with van der Waals surface area (Å²) in [7, 11) is 2.00. The highest BCUT2D eigenvalue weighted by Crippen LogP contribution is 2.29. The number of hydrogen-bond acceptors (Lipinski definition) is 3. The van der Waals surface area contributed by atoms with Gasteiger partial charge in [-0.1, -0.05) is 20.8 Å². The van der Waals surface area contributed by atoms with E-state index in [9.17, 15) is 0 Å². The summed E-state index contributed by atoms with van der Waals surface area (Å²) in [6.45, 7) is 6.76. The normalized spacial score (nSPS) is 14.5. The van der Waals surface area contributed by atoms with Crippen molar-refractivity contribution in [1.82, 2.24) is 10.3 Å². The van der Waals surface area contributed by atoms with Gasteiger partial charge in [-0.15, -0.1) is 11.3 Å². The second-order valence-corrected chi connectivity index (χ2v) is 5.40. The zero-order chi connectivity index (χ0) is 9.90. The van der Waals surface area contributed by atoms with Crippen LogP contribution < -0.4 is 5.32 Å². The molecule has 0 aromatic carbocycles. The van der Waals surface area contributed by atoms with E-state index in [1.54, 1.807) is 11.3 Å². The van der Waals surface area contributed by atoms with Crippen molar-refractivity contribution < 1.29 is 0 Å². The predicted molar refractivity (Wildman–Crippen MR) is 58.0 cm³/mol. The van der Waals surface area contributed by atoms with E-state index in [4.69, 9.17) is 0 Å². The van der Waals surface area contributed by atoms with Crippen molar-refractivity contribution in [3.63, 3.8) is 0 Å². The lowest BCUT2D eigenvalue weighted by molar-refractivity contribution is 0.320. The van der Waals surface area contributed by atoms with Crippen LogP contribution in [0.1, 0.15) is 38.2 Å². The summed E-state index contributed by atoms with van der Waals surface area (Å²) in [4.78, 5) is 4.33. The Labute approximate surface area is 84.4 Å². The third-order valence-corrected chi connectivity index (χ3v) is 2.80. The lowest BCUT2D eigenvalue weighted by atomic mass is 9.88. The average Bonchev–Trinajstić information content (AvgIpc) is 2.50. The fourth-order valence-electron chi connectivity index (χ4n) is 1.33. The summed E-state index contributed by atoms with van der Waals surface area (Å²) in [5.74, 6) is 0. The molecule has 0 bridgehead atoms. The minimum Gasteiger partial charge on any atom is -0.311 e. The second-order valence-electron chi connectivity index (χ2n) is 4.48. The first kappa shape index (κ1) is 10.7. The maximum atomic E-state index is 4.33. The van der Waals surface area contributed by atoms with Crippen LogP contribution in [0.5, 0.6) is 0 Å². The molecule has 1 N–H and O–H groups in total. The molecular formula is C10H18N2S. The molecule has 1 heterocycles. The molecule has 0 saturated carbocycles. The van der Waals surface area contributed by atoms with Crippen LogP contribution in [0.15, 0.2) is 11.6 Å². The van der Waals surface area contributed by atoms with Crippen LogP contribution in [-0.2, 0) is 0 Å². The molecule has 1 rings (SSSR count). The molecule has 0 aliphatic carbocycles. The zero-order valence-electron chi connectivity index (χ0n) is 8.79. The highest BCUT2D eigenvalue weighted by atomic mass is 32.1. The molecule has 0 fully saturated rings. The third kappa shape index (κ3) is 3.44. The van der Waals surface area contributed by atoms with Gasteiger partial charge in [0.25, 0.3) is 0 Å². The monoisotopic (exact) mass is 198 g/mol. The van der Waals surface area contributed by atoms with Gasteiger partial charge in [0.1, 0.15) is 5.01 Å². The Morgan fingerprint density at radius 2 is 2.23 bits per heavy atom. The van der Waals surface area contributed by atoms with E-state index in [0.29, 0.717) is 11.5 Å². The minimum absolute atomic E-state index is 0.347. The van der Waals surface area contributed by atoms with Crippen LogP contribution in [0, 0.1) is 5.41 Å². The van der Waals surface area contributed by atoms with Crippen molar-refractivity contribution in [1.29, 1.82) is 0 Å². The van der Waals surface area contributed by atoms with E-state index in [0.717, 1.165) is 6.42 Å². The highest BCUT2D eigenvalue weighted by Gasteiger charge is 2.20. The van der Waals surface area contributed by atoms with Crippen molar-refractivity contribution >= 4 is 11.3 Å². The van der Waals surface area contributed by atoms with Crippen LogP contribution in [0.25, 0.3) is 0 Å². The molecule has 3 heteroatoms. The van der Waals surface area contributed by atoms with Crippen LogP contribution in [0.2, 0.25) is 0 Å². The fraction of sp³-hybridized carbons (Fsp3) is 0.700. The molecular weight excluding hydrogens is 180 g/mol. The van der Waals surface area contributed by atoms with Gasteiger partial charge in [0.2, 0.25) is 0 Å². The minimum atomic E-state index is 0.347. The van der Waals surface area contributed by atoms with Gasteiger partial charge in [-0.25, -0.2) is 4.98 Å². The molecule has 1 atom stereocenters. The zero-order valence-corrected chi connectivity index (χ0v) is 9.61. The lowest BCUT2D eigenvalue weighted by Crippen LogP contribution is -2.22. The maximum Gasteiger partial charge on any atom is 0.109 e. The molecule has 0 saturated heterocycles. The number of nitrogens with one attached hydrogen (secondary N) is 1. The summed E-state index contributed by atoms with van der Waals surface area (Å²) in [6.07, 6.45) is 2.99. The molecule has 2 nitrogen and oxygen atoms in total. The van der Waals surface area contributed by atoms with Gasteiger partial charge >= 0.3 is 0 Å². The standard InChI is InChI=1S/C10H18N2S/c1-10(2,3)7-8(11-4)9-12-5-6-13-9/h5-6,8,11H,7H2,1-4H3. The number of rotatable bonds is 3. The van der Waals surface area contributed by atoms with E-state index in [1.807, 2.05) is 18.6 Å². The van der Waals surface area contributed by atoms with Crippen LogP contribution in [0.3, 0.4) is 0 Å². The van der Waals surface area contributed by atoms with Gasteiger partial charge in [-0.3, -0.25) is 0 Å². The van der Waals surface area contributed by atoms with Gasteiger partial charge in [0, 0.05) is 11.6 Å². The third-order valence-electron chi connectivity index (χ3n) is 1.91. The predicted octanol–water partition coefficient (Wildman–Crippen LogP) is 2.84. The first-order chi connectivity index (χ1) is 6.03. The summed E-state index contributed by atoms with van der Waals surface area (Å²) in [5, 5.41) is 6.53. The molecule has 0 amide bonds. The van der Waals surface area contributed by atoms with Crippen LogP contribution in [-0.4, -0.2) is 12.0 Å². The molecule has 0 radical (unpaired) electrons. The highest BCUT2D eigenvalue weighted by molar-refractivity contribution is 7.09. The van der Waals surface area contributed by atoms with E-state index in [-0.39, 0.29) is 0 Å². The summed E-state index contributed by atoms with van der Waals surface area (Å²) < 4.78 is 0. The molecule has 13 heavy (non-hydrogen) atoms. The lowest BCUT2D eigenvalue weighted by Gasteiger charge is -2.24. The SMILES string of the molecule is CNC(CC(C)(C)C)c1nccs1. The van der Waals surface area contributed by atoms with Crippen molar-refractivity contribution in [3.8, 4) is 0 Å². The van der Waals surface area contributed by atoms with Crippen molar-refractivity contribution in [2.75, 3.05) is 7.05 Å². The average molecular weight is 198 g/mol. The van der Waals surface area contributed by atoms with Gasteiger partial charge in [0.15, 0.2) is 0 Å². The van der Waals surface area contributed by atoms with Gasteiger partial charge in [-0.05, 0) is 18.9 Å². The topological polar surface area (TPSA) is 24.9 Å². The first-order valence-corrected chi connectivity index (χ1v) is 5.47. The van der Waals surface area contributed by atoms with Crippen molar-refractivity contribution in [2.24, 2.45) is 5.41 Å². The van der Waals surface area contributed by atoms with Crippen molar-refractivity contribution in [3.05, 3.63) is 16.6 Å². The Kier molecular flexibility index (Phi) is 3.45. The summed E-state index contributed by atoms with van der Waals surface area (Å²) >= 11 is 1.72. The molecule has 0 aliphatic heterocycles. The molecule has 1 aromatic rings. The van der Waals surface area contributed by atoms with Crippen LogP contribution in [0.4, 0.5) is 0 Å². The molecule has 1 aromatic heterocycles. The summed E-state index contributed by atoms with van der Waals surface area (Å²) in [6, 6.07) is 0.403. The molecule has 1 unspecified atom stereocenters. The molecule has 74 valence electrons. The first-order valence-electron chi connectivity index (χ1n) is 4.59. The van der Waals surface area contributed by atoms with E-state index >= 15 is 0 Å². The number of hydrogen-bond donors (Lipinski definition) is 1. The maximum absolute atomic E-state index is 4.33. The van der Waals surface area contributed by atoms with E-state index < -0.39 is 0 Å². The molecule has 0 spiro atoms. The Hall–Kier alpha value is -0.410. The fourth-order valence-corrected chi connectivity index (χ4v) is 2.08. The van der Waals surface area contributed by atoms with E-state index in [1.165, 1.54) is 5.01 Å². The Morgan fingerprint density at radius 3 is 2.62 bits per heavy atom. The number of nitrogens with zero attached hydrogens (tertiary/aromatic N) is 1. The largest absolute Gasteiger partial charge is 0.311 e. The van der Waals surface area contributed by atoms with Crippen LogP contribution >= 0.6 is 11.3 Å². The number of thiazole rings is 1. The Morgan fingerprint density at radius 1 is 1.54 bits per heavy atom. The Balaban J connectivity index is 2.64. The van der Waals surface area contributed by atoms with Gasteiger partial charge < -0.3 is 5.32 Å².